The Morgan fingerprint density at radius 3 is 2.80 bits per heavy atom. The Morgan fingerprint density at radius 2 is 2.20 bits per heavy atom. The maximum Gasteiger partial charge on any atom is 0.126 e. The van der Waals surface area contributed by atoms with Gasteiger partial charge in [0, 0.05) is 40.3 Å². The first-order valence-corrected chi connectivity index (χ1v) is 7.45. The molecule has 7 heteroatoms. The van der Waals surface area contributed by atoms with Gasteiger partial charge in [-0.05, 0) is 15.9 Å². The summed E-state index contributed by atoms with van der Waals surface area (Å²) in [4.78, 5) is 0. The topological polar surface area (TPSA) is 65.7 Å². The van der Waals surface area contributed by atoms with Crippen LogP contribution in [0.15, 0.2) is 10.7 Å². The minimum Gasteiger partial charge on any atom is -0.384 e. The van der Waals surface area contributed by atoms with Crippen LogP contribution >= 0.6 is 15.9 Å². The van der Waals surface area contributed by atoms with E-state index in [0.717, 1.165) is 10.2 Å². The minimum atomic E-state index is -0.759. The highest BCUT2D eigenvalue weighted by atomic mass is 79.9. The lowest BCUT2D eigenvalue weighted by Gasteiger charge is -2.39. The lowest BCUT2D eigenvalue weighted by Crippen LogP contribution is -2.44. The van der Waals surface area contributed by atoms with E-state index in [1.807, 2.05) is 0 Å². The van der Waals surface area contributed by atoms with E-state index >= 15 is 0 Å². The Labute approximate surface area is 127 Å². The summed E-state index contributed by atoms with van der Waals surface area (Å²) >= 11 is 3.46. The van der Waals surface area contributed by atoms with Crippen molar-refractivity contribution in [1.29, 1.82) is 0 Å². The number of aromatic nitrogens is 2. The molecule has 1 N–H and O–H groups in total. The minimum absolute atomic E-state index is 0.539. The summed E-state index contributed by atoms with van der Waals surface area (Å²) in [6.07, 6.45) is 2.25. The number of halogens is 1. The lowest BCUT2D eigenvalue weighted by molar-refractivity contribution is -0.156. The molecule has 0 aromatic carbocycles. The van der Waals surface area contributed by atoms with Crippen molar-refractivity contribution >= 4 is 15.9 Å². The Hall–Kier alpha value is -0.470. The van der Waals surface area contributed by atoms with Crippen molar-refractivity contribution in [3.63, 3.8) is 0 Å². The summed E-state index contributed by atoms with van der Waals surface area (Å²) in [7, 11) is 3.28. The Bertz CT molecular complexity index is 432. The standard InChI is InChI=1S/C13H21BrN2O4/c1-18-8-5-16-11(10(14)9-15-16)12(17)13(19-2)3-6-20-7-4-13/h9,12,17H,3-8H2,1-2H3. The fourth-order valence-corrected chi connectivity index (χ4v) is 3.07. The van der Waals surface area contributed by atoms with Crippen LogP contribution in [-0.4, -0.2) is 54.5 Å². The molecule has 6 nitrogen and oxygen atoms in total. The van der Waals surface area contributed by atoms with Crippen molar-refractivity contribution in [2.24, 2.45) is 0 Å². The first kappa shape index (κ1) is 15.9. The van der Waals surface area contributed by atoms with Crippen molar-refractivity contribution in [2.75, 3.05) is 34.0 Å². The molecule has 0 saturated carbocycles. The molecule has 1 aliphatic heterocycles. The average molecular weight is 349 g/mol. The van der Waals surface area contributed by atoms with E-state index in [0.29, 0.717) is 39.2 Å². The van der Waals surface area contributed by atoms with Gasteiger partial charge in [-0.2, -0.15) is 5.10 Å². The van der Waals surface area contributed by atoms with E-state index < -0.39 is 11.7 Å². The number of ether oxygens (including phenoxy) is 3. The smallest absolute Gasteiger partial charge is 0.126 e. The molecule has 0 aliphatic carbocycles. The van der Waals surface area contributed by atoms with Gasteiger partial charge in [0.15, 0.2) is 0 Å². The molecule has 2 heterocycles. The summed E-state index contributed by atoms with van der Waals surface area (Å²) in [5.41, 5.74) is 0.108. The Balaban J connectivity index is 2.26. The number of aliphatic hydroxyl groups excluding tert-OH is 1. The van der Waals surface area contributed by atoms with Gasteiger partial charge in [0.2, 0.25) is 0 Å². The van der Waals surface area contributed by atoms with E-state index in [1.165, 1.54) is 0 Å². The molecule has 2 rings (SSSR count). The molecule has 0 radical (unpaired) electrons. The number of hydrogen-bond donors (Lipinski definition) is 1. The summed E-state index contributed by atoms with van der Waals surface area (Å²) in [5, 5.41) is 15.1. The van der Waals surface area contributed by atoms with Crippen LogP contribution in [0.2, 0.25) is 0 Å². The highest BCUT2D eigenvalue weighted by Gasteiger charge is 2.43. The van der Waals surface area contributed by atoms with Crippen LogP contribution in [0, 0.1) is 0 Å². The van der Waals surface area contributed by atoms with Crippen LogP contribution in [0.25, 0.3) is 0 Å². The molecule has 0 spiro atoms. The maximum atomic E-state index is 10.8. The SMILES string of the molecule is COCCn1ncc(Br)c1C(O)C1(OC)CCOCC1. The highest BCUT2D eigenvalue weighted by molar-refractivity contribution is 9.10. The molecule has 1 aromatic rings. The van der Waals surface area contributed by atoms with Crippen LogP contribution in [0.4, 0.5) is 0 Å². The van der Waals surface area contributed by atoms with Crippen LogP contribution < -0.4 is 0 Å². The Kier molecular flexibility index (Phi) is 5.57. The number of rotatable bonds is 6. The van der Waals surface area contributed by atoms with Gasteiger partial charge >= 0.3 is 0 Å². The second-order valence-electron chi connectivity index (χ2n) is 4.88. The molecule has 114 valence electrons. The fraction of sp³-hybridized carbons (Fsp3) is 0.769. The number of nitrogens with zero attached hydrogens (tertiary/aromatic N) is 2. The van der Waals surface area contributed by atoms with E-state index in [4.69, 9.17) is 14.2 Å². The zero-order valence-electron chi connectivity index (χ0n) is 11.8. The largest absolute Gasteiger partial charge is 0.384 e. The summed E-state index contributed by atoms with van der Waals surface area (Å²) in [6.45, 7) is 2.31. The number of hydrogen-bond acceptors (Lipinski definition) is 5. The van der Waals surface area contributed by atoms with Crippen molar-refractivity contribution in [3.8, 4) is 0 Å². The van der Waals surface area contributed by atoms with Gasteiger partial charge in [0.1, 0.15) is 11.7 Å². The second kappa shape index (κ2) is 7.00. The first-order chi connectivity index (χ1) is 9.64. The van der Waals surface area contributed by atoms with Crippen LogP contribution in [0.3, 0.4) is 0 Å². The highest BCUT2D eigenvalue weighted by Crippen LogP contribution is 2.39. The molecule has 20 heavy (non-hydrogen) atoms. The van der Waals surface area contributed by atoms with E-state index in [2.05, 4.69) is 21.0 Å². The monoisotopic (exact) mass is 348 g/mol. The van der Waals surface area contributed by atoms with Gasteiger partial charge in [-0.1, -0.05) is 0 Å². The third-order valence-electron chi connectivity index (χ3n) is 3.84. The second-order valence-corrected chi connectivity index (χ2v) is 5.73. The van der Waals surface area contributed by atoms with Gasteiger partial charge in [-0.3, -0.25) is 4.68 Å². The summed E-state index contributed by atoms with van der Waals surface area (Å²) in [6, 6.07) is 0. The molecular weight excluding hydrogens is 328 g/mol. The molecule has 1 aliphatic rings. The molecule has 0 bridgehead atoms. The van der Waals surface area contributed by atoms with E-state index in [1.54, 1.807) is 25.1 Å². The van der Waals surface area contributed by atoms with E-state index in [9.17, 15) is 5.11 Å². The van der Waals surface area contributed by atoms with Gasteiger partial charge in [0.05, 0.1) is 29.5 Å². The van der Waals surface area contributed by atoms with Crippen molar-refractivity contribution < 1.29 is 19.3 Å². The lowest BCUT2D eigenvalue weighted by atomic mass is 9.86. The summed E-state index contributed by atoms with van der Waals surface area (Å²) in [5.74, 6) is 0. The summed E-state index contributed by atoms with van der Waals surface area (Å²) < 4.78 is 18.6. The number of aliphatic hydroxyl groups is 1. The van der Waals surface area contributed by atoms with Crippen molar-refractivity contribution in [2.45, 2.75) is 31.1 Å². The van der Waals surface area contributed by atoms with Crippen LogP contribution in [-0.2, 0) is 20.8 Å². The van der Waals surface area contributed by atoms with Crippen LogP contribution in [0.5, 0.6) is 0 Å². The Morgan fingerprint density at radius 1 is 1.50 bits per heavy atom. The van der Waals surface area contributed by atoms with Gasteiger partial charge < -0.3 is 19.3 Å². The molecule has 0 amide bonds. The predicted octanol–water partition coefficient (Wildman–Crippen LogP) is 1.52. The zero-order valence-corrected chi connectivity index (χ0v) is 13.4. The number of methoxy groups -OCH3 is 2. The average Bonchev–Trinajstić information content (AvgIpc) is 2.85. The normalized spacial score (nSPS) is 20.0. The molecule has 1 saturated heterocycles. The van der Waals surface area contributed by atoms with Gasteiger partial charge in [-0.15, -0.1) is 0 Å². The molecular formula is C13H21BrN2O4. The zero-order chi connectivity index (χ0) is 14.6. The fourth-order valence-electron chi connectivity index (χ4n) is 2.55. The third-order valence-corrected chi connectivity index (χ3v) is 4.45. The van der Waals surface area contributed by atoms with Crippen LogP contribution in [0.1, 0.15) is 24.6 Å². The van der Waals surface area contributed by atoms with Crippen molar-refractivity contribution in [1.82, 2.24) is 9.78 Å². The molecule has 1 aromatic heterocycles. The molecule has 1 fully saturated rings. The quantitative estimate of drug-likeness (QED) is 0.844. The van der Waals surface area contributed by atoms with Crippen molar-refractivity contribution in [3.05, 3.63) is 16.4 Å². The van der Waals surface area contributed by atoms with E-state index in [-0.39, 0.29) is 0 Å². The predicted molar refractivity (Wildman–Crippen MR) is 76.6 cm³/mol. The third kappa shape index (κ3) is 3.07. The first-order valence-electron chi connectivity index (χ1n) is 6.65. The molecule has 1 unspecified atom stereocenters. The molecule has 1 atom stereocenters. The van der Waals surface area contributed by atoms with Gasteiger partial charge in [0.25, 0.3) is 0 Å². The van der Waals surface area contributed by atoms with Gasteiger partial charge in [-0.25, -0.2) is 0 Å². The maximum absolute atomic E-state index is 10.8.